The molecular formula is C29H48Cl2O2. The summed E-state index contributed by atoms with van der Waals surface area (Å²) >= 11 is 11.9. The monoisotopic (exact) mass is 498 g/mol. The lowest BCUT2D eigenvalue weighted by Crippen LogP contribution is -2.04. The van der Waals surface area contributed by atoms with E-state index < -0.39 is 0 Å². The van der Waals surface area contributed by atoms with Crippen LogP contribution in [0.15, 0.2) is 18.2 Å². The van der Waals surface area contributed by atoms with Gasteiger partial charge in [0.15, 0.2) is 0 Å². The molecule has 0 bridgehead atoms. The highest BCUT2D eigenvalue weighted by molar-refractivity contribution is 6.42. The Morgan fingerprint density at radius 3 is 1.48 bits per heavy atom. The van der Waals surface area contributed by atoms with Gasteiger partial charge >= 0.3 is 5.97 Å². The van der Waals surface area contributed by atoms with E-state index in [0.717, 1.165) is 18.4 Å². The summed E-state index contributed by atoms with van der Waals surface area (Å²) < 4.78 is 5.32. The number of hydrogen-bond donors (Lipinski definition) is 0. The van der Waals surface area contributed by atoms with Crippen molar-refractivity contribution in [3.63, 3.8) is 0 Å². The molecule has 0 unspecified atom stereocenters. The van der Waals surface area contributed by atoms with Crippen LogP contribution in [0.1, 0.15) is 141 Å². The molecule has 0 saturated carbocycles. The molecule has 190 valence electrons. The highest BCUT2D eigenvalue weighted by Gasteiger charge is 2.05. The van der Waals surface area contributed by atoms with E-state index in [1.54, 1.807) is 12.1 Å². The van der Waals surface area contributed by atoms with Crippen LogP contribution in [0.5, 0.6) is 0 Å². The predicted octanol–water partition coefficient (Wildman–Crippen LogP) is 10.9. The van der Waals surface area contributed by atoms with Crippen molar-refractivity contribution < 1.29 is 9.53 Å². The Morgan fingerprint density at radius 1 is 0.636 bits per heavy atom. The van der Waals surface area contributed by atoms with Gasteiger partial charge in [-0.15, -0.1) is 0 Å². The summed E-state index contributed by atoms with van der Waals surface area (Å²) in [5.41, 5.74) is 0.867. The summed E-state index contributed by atoms with van der Waals surface area (Å²) in [5, 5.41) is 1.00. The quantitative estimate of drug-likeness (QED) is 0.117. The summed E-state index contributed by atoms with van der Waals surface area (Å²) in [6.45, 7) is 2.54. The number of ether oxygens (including phenoxy) is 1. The minimum absolute atomic E-state index is 0.131. The molecule has 1 aromatic carbocycles. The highest BCUT2D eigenvalue weighted by atomic mass is 35.5. The van der Waals surface area contributed by atoms with Crippen LogP contribution in [0.2, 0.25) is 10.0 Å². The summed E-state index contributed by atoms with van der Waals surface area (Å²) in [7, 11) is 0. The Bertz CT molecular complexity index is 603. The third-order valence-electron chi connectivity index (χ3n) is 6.37. The van der Waals surface area contributed by atoms with Crippen molar-refractivity contribution in [2.24, 2.45) is 0 Å². The maximum Gasteiger partial charge on any atom is 0.306 e. The fourth-order valence-electron chi connectivity index (χ4n) is 4.21. The van der Waals surface area contributed by atoms with Gasteiger partial charge in [0.2, 0.25) is 0 Å². The topological polar surface area (TPSA) is 26.3 Å². The Balaban J connectivity index is 1.78. The molecule has 33 heavy (non-hydrogen) atoms. The zero-order valence-corrected chi connectivity index (χ0v) is 22.7. The predicted molar refractivity (Wildman–Crippen MR) is 144 cm³/mol. The van der Waals surface area contributed by atoms with Gasteiger partial charge in [0.1, 0.15) is 6.61 Å². The van der Waals surface area contributed by atoms with Gasteiger partial charge < -0.3 is 4.74 Å². The second kappa shape index (κ2) is 21.8. The minimum atomic E-state index is -0.131. The standard InChI is InChI=1S/C29H48Cl2O2/c1-2-3-4-5-6-7-8-9-10-11-12-13-14-15-16-17-18-19-20-21-29(32)33-25-26-22-23-27(30)28(31)24-26/h22-24H,2-21,25H2,1H3. The number of rotatable bonds is 22. The molecule has 0 atom stereocenters. The second-order valence-corrected chi connectivity index (χ2v) is 10.3. The third-order valence-corrected chi connectivity index (χ3v) is 7.11. The molecule has 1 rings (SSSR count). The molecule has 0 spiro atoms. The maximum atomic E-state index is 11.9. The number of unbranched alkanes of at least 4 members (excludes halogenated alkanes) is 18. The Morgan fingerprint density at radius 2 is 1.06 bits per heavy atom. The average Bonchev–Trinajstić information content (AvgIpc) is 2.81. The number of esters is 1. The zero-order chi connectivity index (χ0) is 24.0. The lowest BCUT2D eigenvalue weighted by atomic mass is 10.0. The molecule has 0 fully saturated rings. The zero-order valence-electron chi connectivity index (χ0n) is 21.2. The first-order chi connectivity index (χ1) is 16.1. The molecule has 0 aromatic heterocycles. The van der Waals surface area contributed by atoms with E-state index >= 15 is 0 Å². The van der Waals surface area contributed by atoms with Crippen LogP contribution in [-0.4, -0.2) is 5.97 Å². The third kappa shape index (κ3) is 18.3. The number of carbonyl (C=O) groups excluding carboxylic acids is 1. The van der Waals surface area contributed by atoms with Crippen molar-refractivity contribution >= 4 is 29.2 Å². The smallest absolute Gasteiger partial charge is 0.306 e. The fraction of sp³-hybridized carbons (Fsp3) is 0.759. The number of halogens is 2. The van der Waals surface area contributed by atoms with Crippen LogP contribution < -0.4 is 0 Å². The van der Waals surface area contributed by atoms with Crippen LogP contribution in [0.4, 0.5) is 0 Å². The van der Waals surface area contributed by atoms with Crippen LogP contribution >= 0.6 is 23.2 Å². The minimum Gasteiger partial charge on any atom is -0.461 e. The Hall–Kier alpha value is -0.730. The molecule has 0 saturated heterocycles. The van der Waals surface area contributed by atoms with Crippen molar-refractivity contribution in [3.8, 4) is 0 Å². The molecule has 0 N–H and O–H groups in total. The number of benzene rings is 1. The van der Waals surface area contributed by atoms with Gasteiger partial charge in [0.05, 0.1) is 10.0 Å². The molecule has 0 aliphatic rings. The van der Waals surface area contributed by atoms with Crippen molar-refractivity contribution in [2.45, 2.75) is 142 Å². The SMILES string of the molecule is CCCCCCCCCCCCCCCCCCCCCC(=O)OCc1ccc(Cl)c(Cl)c1. The van der Waals surface area contributed by atoms with Gasteiger partial charge in [0, 0.05) is 6.42 Å². The van der Waals surface area contributed by atoms with Gasteiger partial charge in [-0.25, -0.2) is 0 Å². The van der Waals surface area contributed by atoms with Crippen LogP contribution in [0.25, 0.3) is 0 Å². The van der Waals surface area contributed by atoms with Gasteiger partial charge in [-0.05, 0) is 24.1 Å². The largest absolute Gasteiger partial charge is 0.461 e. The molecule has 1 aromatic rings. The molecule has 0 radical (unpaired) electrons. The van der Waals surface area contributed by atoms with E-state index in [2.05, 4.69) is 6.92 Å². The summed E-state index contributed by atoms with van der Waals surface area (Å²) in [5.74, 6) is -0.131. The van der Waals surface area contributed by atoms with E-state index in [9.17, 15) is 4.79 Å². The molecule has 4 heteroatoms. The average molecular weight is 500 g/mol. The molecule has 2 nitrogen and oxygen atoms in total. The van der Waals surface area contributed by atoms with Crippen LogP contribution in [-0.2, 0) is 16.1 Å². The van der Waals surface area contributed by atoms with Gasteiger partial charge in [-0.1, -0.05) is 152 Å². The summed E-state index contributed by atoms with van der Waals surface area (Å²) in [6.07, 6.45) is 26.2. The Kier molecular flexibility index (Phi) is 20.0. The Labute approximate surface area is 214 Å². The molecule has 0 aliphatic heterocycles. The van der Waals surface area contributed by atoms with Crippen molar-refractivity contribution in [1.29, 1.82) is 0 Å². The van der Waals surface area contributed by atoms with Crippen molar-refractivity contribution in [3.05, 3.63) is 33.8 Å². The van der Waals surface area contributed by atoms with Gasteiger partial charge in [0.25, 0.3) is 0 Å². The number of hydrogen-bond acceptors (Lipinski definition) is 2. The maximum absolute atomic E-state index is 11.9. The van der Waals surface area contributed by atoms with E-state index in [1.807, 2.05) is 6.07 Å². The first kappa shape index (κ1) is 30.3. The van der Waals surface area contributed by atoms with Crippen molar-refractivity contribution in [2.75, 3.05) is 0 Å². The van der Waals surface area contributed by atoms with E-state index in [1.165, 1.54) is 109 Å². The second-order valence-electron chi connectivity index (χ2n) is 9.52. The normalized spacial score (nSPS) is 11.1. The lowest BCUT2D eigenvalue weighted by Gasteiger charge is -2.06. The van der Waals surface area contributed by atoms with Gasteiger partial charge in [-0.2, -0.15) is 0 Å². The lowest BCUT2D eigenvalue weighted by molar-refractivity contribution is -0.145. The number of carbonyl (C=O) groups is 1. The molecule has 0 amide bonds. The first-order valence-corrected chi connectivity index (χ1v) is 14.5. The molecular weight excluding hydrogens is 451 g/mol. The summed E-state index contributed by atoms with van der Waals surface area (Å²) in [4.78, 5) is 11.9. The van der Waals surface area contributed by atoms with Gasteiger partial charge in [-0.3, -0.25) is 4.79 Å². The first-order valence-electron chi connectivity index (χ1n) is 13.7. The van der Waals surface area contributed by atoms with Crippen molar-refractivity contribution in [1.82, 2.24) is 0 Å². The van der Waals surface area contributed by atoms with E-state index in [4.69, 9.17) is 27.9 Å². The highest BCUT2D eigenvalue weighted by Crippen LogP contribution is 2.23. The van der Waals surface area contributed by atoms with E-state index in [-0.39, 0.29) is 12.6 Å². The van der Waals surface area contributed by atoms with Crippen LogP contribution in [0.3, 0.4) is 0 Å². The molecule has 0 aliphatic carbocycles. The summed E-state index contributed by atoms with van der Waals surface area (Å²) in [6, 6.07) is 5.30. The molecule has 0 heterocycles. The van der Waals surface area contributed by atoms with E-state index in [0.29, 0.717) is 16.5 Å². The fourth-order valence-corrected chi connectivity index (χ4v) is 4.53. The van der Waals surface area contributed by atoms with Crippen LogP contribution in [0, 0.1) is 0 Å².